The third-order valence-electron chi connectivity index (χ3n) is 3.70. The molecule has 1 aliphatic heterocycles. The standard InChI is InChI=1S/C14H27N7/c1-15-12-16-13(20(4)11-10-19(2)3)18-14(17-12)21-8-6-5-7-9-21/h5-11H2,1-4H3,(H,15,16,17,18). The van der Waals surface area contributed by atoms with Gasteiger partial charge in [-0.2, -0.15) is 15.0 Å². The largest absolute Gasteiger partial charge is 0.357 e. The van der Waals surface area contributed by atoms with Gasteiger partial charge in [0.1, 0.15) is 0 Å². The van der Waals surface area contributed by atoms with Crippen molar-refractivity contribution in [2.75, 3.05) is 69.5 Å². The van der Waals surface area contributed by atoms with E-state index in [0.717, 1.165) is 38.1 Å². The lowest BCUT2D eigenvalue weighted by atomic mass is 10.1. The van der Waals surface area contributed by atoms with Gasteiger partial charge in [-0.15, -0.1) is 0 Å². The van der Waals surface area contributed by atoms with E-state index >= 15 is 0 Å². The summed E-state index contributed by atoms with van der Waals surface area (Å²) >= 11 is 0. The highest BCUT2D eigenvalue weighted by Crippen LogP contribution is 2.19. The Labute approximate surface area is 127 Å². The topological polar surface area (TPSA) is 60.4 Å². The molecule has 7 heteroatoms. The zero-order chi connectivity index (χ0) is 15.2. The van der Waals surface area contributed by atoms with Crippen LogP contribution in [0, 0.1) is 0 Å². The van der Waals surface area contributed by atoms with Crippen LogP contribution in [0.3, 0.4) is 0 Å². The smallest absolute Gasteiger partial charge is 0.231 e. The maximum Gasteiger partial charge on any atom is 0.231 e. The van der Waals surface area contributed by atoms with Crippen LogP contribution in [-0.4, -0.2) is 74.2 Å². The van der Waals surface area contributed by atoms with Crippen LogP contribution in [0.2, 0.25) is 0 Å². The summed E-state index contributed by atoms with van der Waals surface area (Å²) in [6, 6.07) is 0. The third kappa shape index (κ3) is 4.42. The van der Waals surface area contributed by atoms with Crippen LogP contribution in [0.15, 0.2) is 0 Å². The number of aromatic nitrogens is 3. The Morgan fingerprint density at radius 1 is 1.00 bits per heavy atom. The Balaban J connectivity index is 2.16. The monoisotopic (exact) mass is 293 g/mol. The van der Waals surface area contributed by atoms with E-state index in [1.165, 1.54) is 19.3 Å². The van der Waals surface area contributed by atoms with Crippen molar-refractivity contribution in [2.24, 2.45) is 0 Å². The summed E-state index contributed by atoms with van der Waals surface area (Å²) in [5.74, 6) is 2.16. The fraction of sp³-hybridized carbons (Fsp3) is 0.786. The van der Waals surface area contributed by atoms with Crippen molar-refractivity contribution in [1.82, 2.24) is 19.9 Å². The molecule has 1 N–H and O–H groups in total. The third-order valence-corrected chi connectivity index (χ3v) is 3.70. The van der Waals surface area contributed by atoms with Crippen LogP contribution in [0.4, 0.5) is 17.8 Å². The van der Waals surface area contributed by atoms with Crippen LogP contribution >= 0.6 is 0 Å². The summed E-state index contributed by atoms with van der Waals surface area (Å²) in [5.41, 5.74) is 0. The molecule has 1 aromatic heterocycles. The molecule has 0 bridgehead atoms. The predicted octanol–water partition coefficient (Wildman–Crippen LogP) is 0.901. The Morgan fingerprint density at radius 3 is 2.33 bits per heavy atom. The summed E-state index contributed by atoms with van der Waals surface area (Å²) in [5, 5.41) is 3.04. The molecule has 0 saturated carbocycles. The SMILES string of the molecule is CNc1nc(N(C)CCN(C)C)nc(N2CCCCC2)n1. The van der Waals surface area contributed by atoms with E-state index < -0.39 is 0 Å². The second-order valence-corrected chi connectivity index (χ2v) is 5.78. The average Bonchev–Trinajstić information content (AvgIpc) is 2.52. The van der Waals surface area contributed by atoms with E-state index in [2.05, 4.69) is 49.1 Å². The first-order valence-electron chi connectivity index (χ1n) is 7.65. The molecule has 1 aromatic rings. The number of piperidine rings is 1. The first kappa shape index (κ1) is 15.8. The molecular weight excluding hydrogens is 266 g/mol. The highest BCUT2D eigenvalue weighted by Gasteiger charge is 2.17. The molecule has 0 atom stereocenters. The van der Waals surface area contributed by atoms with Crippen molar-refractivity contribution in [3.05, 3.63) is 0 Å². The molecule has 2 rings (SSSR count). The van der Waals surface area contributed by atoms with Crippen LogP contribution < -0.4 is 15.1 Å². The first-order valence-corrected chi connectivity index (χ1v) is 7.65. The summed E-state index contributed by atoms with van der Waals surface area (Å²) < 4.78 is 0. The van der Waals surface area contributed by atoms with Crippen molar-refractivity contribution < 1.29 is 0 Å². The van der Waals surface area contributed by atoms with E-state index in [1.54, 1.807) is 0 Å². The van der Waals surface area contributed by atoms with E-state index in [-0.39, 0.29) is 0 Å². The number of hydrogen-bond donors (Lipinski definition) is 1. The molecule has 118 valence electrons. The van der Waals surface area contributed by atoms with Crippen molar-refractivity contribution in [2.45, 2.75) is 19.3 Å². The van der Waals surface area contributed by atoms with Crippen molar-refractivity contribution in [3.63, 3.8) is 0 Å². The van der Waals surface area contributed by atoms with Gasteiger partial charge in [-0.3, -0.25) is 0 Å². The summed E-state index contributed by atoms with van der Waals surface area (Å²) in [6.07, 6.45) is 3.73. The second-order valence-electron chi connectivity index (χ2n) is 5.78. The first-order chi connectivity index (χ1) is 10.1. The molecule has 1 saturated heterocycles. The Morgan fingerprint density at radius 2 is 1.71 bits per heavy atom. The molecule has 1 aliphatic rings. The van der Waals surface area contributed by atoms with E-state index in [4.69, 9.17) is 0 Å². The van der Waals surface area contributed by atoms with Crippen molar-refractivity contribution >= 4 is 17.8 Å². The molecule has 0 unspecified atom stereocenters. The lowest BCUT2D eigenvalue weighted by Crippen LogP contribution is -2.33. The van der Waals surface area contributed by atoms with Gasteiger partial charge in [-0.1, -0.05) is 0 Å². The fourth-order valence-corrected chi connectivity index (χ4v) is 2.32. The molecule has 0 aromatic carbocycles. The number of nitrogens with one attached hydrogen (secondary N) is 1. The summed E-state index contributed by atoms with van der Waals surface area (Å²) in [7, 11) is 8.01. The molecular formula is C14H27N7. The van der Waals surface area contributed by atoms with Gasteiger partial charge < -0.3 is 20.0 Å². The lowest BCUT2D eigenvalue weighted by molar-refractivity contribution is 0.415. The van der Waals surface area contributed by atoms with E-state index in [0.29, 0.717) is 5.95 Å². The summed E-state index contributed by atoms with van der Waals surface area (Å²) in [4.78, 5) is 20.1. The number of nitrogens with zero attached hydrogens (tertiary/aromatic N) is 6. The van der Waals surface area contributed by atoms with Gasteiger partial charge in [0.05, 0.1) is 0 Å². The quantitative estimate of drug-likeness (QED) is 0.836. The highest BCUT2D eigenvalue weighted by atomic mass is 15.4. The fourth-order valence-electron chi connectivity index (χ4n) is 2.32. The minimum atomic E-state index is 0.636. The molecule has 0 amide bonds. The molecule has 0 aliphatic carbocycles. The van der Waals surface area contributed by atoms with Crippen LogP contribution in [0.25, 0.3) is 0 Å². The number of likely N-dealkylation sites (N-methyl/N-ethyl adjacent to an activating group) is 2. The zero-order valence-corrected chi connectivity index (χ0v) is 13.6. The van der Waals surface area contributed by atoms with Gasteiger partial charge in [-0.25, -0.2) is 0 Å². The minimum absolute atomic E-state index is 0.636. The van der Waals surface area contributed by atoms with Crippen LogP contribution in [0.1, 0.15) is 19.3 Å². The number of rotatable bonds is 6. The van der Waals surface area contributed by atoms with Gasteiger partial charge in [-0.05, 0) is 33.4 Å². The van der Waals surface area contributed by atoms with Gasteiger partial charge in [0, 0.05) is 40.3 Å². The van der Waals surface area contributed by atoms with E-state index in [9.17, 15) is 0 Å². The van der Waals surface area contributed by atoms with Crippen LogP contribution in [-0.2, 0) is 0 Å². The number of anilines is 3. The Kier molecular flexibility index (Phi) is 5.55. The van der Waals surface area contributed by atoms with Gasteiger partial charge in [0.15, 0.2) is 0 Å². The summed E-state index contributed by atoms with van der Waals surface area (Å²) in [6.45, 7) is 3.93. The van der Waals surface area contributed by atoms with E-state index in [1.807, 2.05) is 14.1 Å². The molecule has 2 heterocycles. The molecule has 0 radical (unpaired) electrons. The van der Waals surface area contributed by atoms with Gasteiger partial charge >= 0.3 is 0 Å². The Hall–Kier alpha value is -1.63. The average molecular weight is 293 g/mol. The number of hydrogen-bond acceptors (Lipinski definition) is 7. The second kappa shape index (κ2) is 7.40. The maximum absolute atomic E-state index is 4.65. The highest BCUT2D eigenvalue weighted by molar-refractivity contribution is 5.44. The maximum atomic E-state index is 4.65. The Bertz CT molecular complexity index is 443. The minimum Gasteiger partial charge on any atom is -0.357 e. The van der Waals surface area contributed by atoms with Gasteiger partial charge in [0.25, 0.3) is 0 Å². The van der Waals surface area contributed by atoms with Crippen molar-refractivity contribution in [1.29, 1.82) is 0 Å². The van der Waals surface area contributed by atoms with Gasteiger partial charge in [0.2, 0.25) is 17.8 Å². The predicted molar refractivity (Wildman–Crippen MR) is 87.3 cm³/mol. The van der Waals surface area contributed by atoms with Crippen LogP contribution in [0.5, 0.6) is 0 Å². The molecule has 21 heavy (non-hydrogen) atoms. The molecule has 0 spiro atoms. The molecule has 7 nitrogen and oxygen atoms in total. The molecule has 1 fully saturated rings. The lowest BCUT2D eigenvalue weighted by Gasteiger charge is -2.28. The zero-order valence-electron chi connectivity index (χ0n) is 13.6. The normalized spacial score (nSPS) is 15.4. The van der Waals surface area contributed by atoms with Crippen molar-refractivity contribution in [3.8, 4) is 0 Å².